The Morgan fingerprint density at radius 2 is 1.90 bits per heavy atom. The Kier molecular flexibility index (Phi) is 6.65. The van der Waals surface area contributed by atoms with Gasteiger partial charge < -0.3 is 19.6 Å². The quantitative estimate of drug-likeness (QED) is 0.417. The molecule has 2 atom stereocenters. The van der Waals surface area contributed by atoms with Crippen molar-refractivity contribution >= 4 is 39.8 Å². The predicted molar refractivity (Wildman–Crippen MR) is 152 cm³/mol. The van der Waals surface area contributed by atoms with Crippen LogP contribution in [0, 0.1) is 5.82 Å². The van der Waals surface area contributed by atoms with Gasteiger partial charge in [-0.15, -0.1) is 0 Å². The molecule has 3 fully saturated rings. The first-order valence-electron chi connectivity index (χ1n) is 14.4. The van der Waals surface area contributed by atoms with E-state index in [0.717, 1.165) is 58.2 Å². The molecule has 0 aliphatic carbocycles. The van der Waals surface area contributed by atoms with Crippen LogP contribution in [-0.2, 0) is 6.54 Å². The smallest absolute Gasteiger partial charge is 0.318 e. The largest absolute Gasteiger partial charge is 0.508 e. The zero-order valence-corrected chi connectivity index (χ0v) is 23.5. The summed E-state index contributed by atoms with van der Waals surface area (Å²) in [6.45, 7) is 3.17. The van der Waals surface area contributed by atoms with Crippen molar-refractivity contribution in [2.75, 3.05) is 42.6 Å². The minimum atomic E-state index is -0.868. The average molecular weight is 584 g/mol. The van der Waals surface area contributed by atoms with Crippen molar-refractivity contribution in [2.45, 2.75) is 63.2 Å². The Morgan fingerprint density at radius 1 is 1.10 bits per heavy atom. The number of phenols is 1. The number of hydrogen-bond donors (Lipinski definition) is 1. The third-order valence-electron chi connectivity index (χ3n) is 9.11. The molecule has 0 saturated carbocycles. The molecule has 3 saturated heterocycles. The van der Waals surface area contributed by atoms with Crippen LogP contribution in [0.2, 0.25) is 5.02 Å². The van der Waals surface area contributed by atoms with Gasteiger partial charge >= 0.3 is 6.01 Å². The van der Waals surface area contributed by atoms with Crippen molar-refractivity contribution in [3.63, 3.8) is 0 Å². The number of nitrogens with zero attached hydrogens (tertiary/aromatic N) is 5. The van der Waals surface area contributed by atoms with Gasteiger partial charge in [0.2, 0.25) is 0 Å². The van der Waals surface area contributed by atoms with Crippen molar-refractivity contribution in [3.05, 3.63) is 46.4 Å². The Morgan fingerprint density at radius 3 is 2.71 bits per heavy atom. The molecule has 216 valence electrons. The molecule has 4 aliphatic rings. The van der Waals surface area contributed by atoms with Gasteiger partial charge in [-0.25, -0.2) is 8.78 Å². The van der Waals surface area contributed by atoms with Gasteiger partial charge in [0.15, 0.2) is 0 Å². The number of halogens is 3. The van der Waals surface area contributed by atoms with E-state index in [4.69, 9.17) is 21.3 Å². The van der Waals surface area contributed by atoms with Gasteiger partial charge in [0.05, 0.1) is 28.5 Å². The minimum absolute atomic E-state index is 0.0649. The van der Waals surface area contributed by atoms with E-state index >= 15 is 0 Å². The maximum Gasteiger partial charge on any atom is 0.318 e. The van der Waals surface area contributed by atoms with Crippen molar-refractivity contribution in [2.24, 2.45) is 0 Å². The van der Waals surface area contributed by atoms with E-state index in [1.807, 2.05) is 0 Å². The fraction of sp³-hybridized carbons (Fsp3) is 0.500. The van der Waals surface area contributed by atoms with Crippen LogP contribution in [0.5, 0.6) is 11.8 Å². The van der Waals surface area contributed by atoms with Gasteiger partial charge in [-0.3, -0.25) is 9.69 Å². The zero-order valence-electron chi connectivity index (χ0n) is 22.7. The number of aromatic nitrogens is 2. The van der Waals surface area contributed by atoms with Gasteiger partial charge in [-0.1, -0.05) is 30.5 Å². The first-order chi connectivity index (χ1) is 19.8. The number of carbonyl (C=O) groups excluding carboxylic acids is 1. The Bertz CT molecular complexity index is 1530. The number of ether oxygens (including phenoxy) is 1. The van der Waals surface area contributed by atoms with E-state index in [0.29, 0.717) is 46.5 Å². The van der Waals surface area contributed by atoms with Crippen LogP contribution in [0.4, 0.5) is 20.3 Å². The van der Waals surface area contributed by atoms with Crippen molar-refractivity contribution < 1.29 is 23.4 Å². The van der Waals surface area contributed by atoms with E-state index in [2.05, 4.69) is 14.8 Å². The average Bonchev–Trinajstić information content (AvgIpc) is 3.49. The third kappa shape index (κ3) is 4.55. The van der Waals surface area contributed by atoms with E-state index in [1.165, 1.54) is 29.2 Å². The molecule has 1 amide bonds. The summed E-state index contributed by atoms with van der Waals surface area (Å²) in [5.74, 6) is -0.491. The molecule has 0 unspecified atom stereocenters. The molecule has 0 bridgehead atoms. The molecule has 11 heteroatoms. The Labute approximate surface area is 241 Å². The van der Waals surface area contributed by atoms with E-state index in [9.17, 15) is 18.7 Å². The van der Waals surface area contributed by atoms with Gasteiger partial charge in [-0.05, 0) is 49.7 Å². The lowest BCUT2D eigenvalue weighted by molar-refractivity contribution is 0.0996. The van der Waals surface area contributed by atoms with Crippen molar-refractivity contribution in [1.82, 2.24) is 14.9 Å². The summed E-state index contributed by atoms with van der Waals surface area (Å²) in [4.78, 5) is 29.3. The molecule has 7 rings (SSSR count). The summed E-state index contributed by atoms with van der Waals surface area (Å²) in [5.41, 5.74) is 0.831. The fourth-order valence-electron chi connectivity index (χ4n) is 7.15. The van der Waals surface area contributed by atoms with Crippen molar-refractivity contribution in [3.8, 4) is 11.8 Å². The summed E-state index contributed by atoms with van der Waals surface area (Å²) in [6.07, 6.45) is 5.61. The second-order valence-corrected chi connectivity index (χ2v) is 12.1. The standard InChI is InChI=1S/C30H32ClF2N5O3/c31-26-21(33)7-6-18-12-20(39)13-23(24(18)26)38-16-22-25(28(38)40)27(36-9-3-1-2-4-10-36)35-29(34-22)41-17-30-8-5-11-37(30)15-19(32)14-30/h6-7,12-13,19,39H,1-5,8-11,14-17H2/t19-,30+/m1/s1. The molecule has 1 N–H and O–H groups in total. The number of anilines is 2. The summed E-state index contributed by atoms with van der Waals surface area (Å²) in [7, 11) is 0. The zero-order chi connectivity index (χ0) is 28.3. The van der Waals surface area contributed by atoms with Gasteiger partial charge in [0, 0.05) is 37.5 Å². The molecule has 4 aliphatic heterocycles. The second kappa shape index (κ2) is 10.2. The third-order valence-corrected chi connectivity index (χ3v) is 9.48. The molecular weight excluding hydrogens is 552 g/mol. The summed E-state index contributed by atoms with van der Waals surface area (Å²) >= 11 is 6.39. The van der Waals surface area contributed by atoms with Crippen LogP contribution in [0.25, 0.3) is 10.8 Å². The van der Waals surface area contributed by atoms with E-state index in [1.54, 1.807) is 0 Å². The summed E-state index contributed by atoms with van der Waals surface area (Å²) in [5, 5.41) is 11.2. The fourth-order valence-corrected chi connectivity index (χ4v) is 7.42. The van der Waals surface area contributed by atoms with Gasteiger partial charge in [0.1, 0.15) is 35.7 Å². The predicted octanol–water partition coefficient (Wildman–Crippen LogP) is 5.62. The Hall–Kier alpha value is -3.24. The monoisotopic (exact) mass is 583 g/mol. The lowest BCUT2D eigenvalue weighted by Gasteiger charge is -2.31. The van der Waals surface area contributed by atoms with Crippen LogP contribution in [0.15, 0.2) is 24.3 Å². The Balaban J connectivity index is 1.28. The molecule has 8 nitrogen and oxygen atoms in total. The molecule has 0 radical (unpaired) electrons. The lowest BCUT2D eigenvalue weighted by atomic mass is 9.95. The molecular formula is C30H32ClF2N5O3. The van der Waals surface area contributed by atoms with E-state index < -0.39 is 12.0 Å². The highest BCUT2D eigenvalue weighted by molar-refractivity contribution is 6.37. The maximum atomic E-state index is 14.5. The number of amides is 1. The number of fused-ring (bicyclic) bond motifs is 3. The van der Waals surface area contributed by atoms with Crippen LogP contribution in [0.3, 0.4) is 0 Å². The highest BCUT2D eigenvalue weighted by Crippen LogP contribution is 2.43. The summed E-state index contributed by atoms with van der Waals surface area (Å²) < 4.78 is 35.1. The molecule has 41 heavy (non-hydrogen) atoms. The number of carbonyl (C=O) groups is 1. The van der Waals surface area contributed by atoms with Crippen LogP contribution in [0.1, 0.15) is 61.0 Å². The van der Waals surface area contributed by atoms with Crippen molar-refractivity contribution in [1.29, 1.82) is 0 Å². The van der Waals surface area contributed by atoms with Crippen LogP contribution < -0.4 is 14.5 Å². The number of phenolic OH excluding ortho intramolecular Hbond substituents is 1. The normalized spacial score (nSPS) is 24.7. The molecule has 1 aromatic heterocycles. The molecule has 2 aromatic carbocycles. The van der Waals surface area contributed by atoms with Crippen LogP contribution in [-0.4, -0.2) is 70.4 Å². The number of hydrogen-bond acceptors (Lipinski definition) is 7. The van der Waals surface area contributed by atoms with Gasteiger partial charge in [0.25, 0.3) is 5.91 Å². The highest BCUT2D eigenvalue weighted by Gasteiger charge is 2.49. The minimum Gasteiger partial charge on any atom is -0.508 e. The molecule has 0 spiro atoms. The first kappa shape index (κ1) is 26.6. The highest BCUT2D eigenvalue weighted by atomic mass is 35.5. The molecule has 5 heterocycles. The lowest BCUT2D eigenvalue weighted by Crippen LogP contribution is -2.43. The topological polar surface area (TPSA) is 82.0 Å². The number of alkyl halides is 1. The summed E-state index contributed by atoms with van der Waals surface area (Å²) in [6, 6.07) is 5.85. The number of aromatic hydroxyl groups is 1. The maximum absolute atomic E-state index is 14.5. The number of benzene rings is 2. The SMILES string of the molecule is O=C1c2c(nc(OC[C@@]34CCCN3C[C@H](F)C4)nc2N2CCCCCC2)CN1c1cc(O)cc2ccc(F)c(Cl)c12. The number of rotatable bonds is 5. The molecule has 3 aromatic rings. The van der Waals surface area contributed by atoms with Crippen LogP contribution >= 0.6 is 11.6 Å². The second-order valence-electron chi connectivity index (χ2n) is 11.7. The van der Waals surface area contributed by atoms with E-state index in [-0.39, 0.29) is 41.4 Å². The first-order valence-corrected chi connectivity index (χ1v) is 14.8. The van der Waals surface area contributed by atoms with Gasteiger partial charge in [-0.2, -0.15) is 9.97 Å².